The number of carbonyl (C=O) groups is 1. The zero-order chi connectivity index (χ0) is 14.5. The number of H-pyrrole nitrogens is 1. The first kappa shape index (κ1) is 14.6. The number of nitrogens with zero attached hydrogens (tertiary/aromatic N) is 4. The summed E-state index contributed by atoms with van der Waals surface area (Å²) in [6.07, 6.45) is 0.866. The van der Waals surface area contributed by atoms with Crippen LogP contribution in [0.1, 0.15) is 19.2 Å². The first-order chi connectivity index (χ1) is 9.58. The second-order valence-electron chi connectivity index (χ2n) is 5.11. The standard InChI is InChI=1S/C12H22N6O2/c1-9-8-20-6-4-5-18(9)12(19)13-7-10-14-11(16-15-10)17(2)3/h9H,4-8H2,1-3H3,(H,13,19)(H,14,15,16). The zero-order valence-corrected chi connectivity index (χ0v) is 12.2. The normalized spacial score (nSPS) is 19.6. The summed E-state index contributed by atoms with van der Waals surface area (Å²) in [4.78, 5) is 20.0. The van der Waals surface area contributed by atoms with Crippen LogP contribution in [0, 0.1) is 0 Å². The van der Waals surface area contributed by atoms with E-state index in [1.807, 2.05) is 21.0 Å². The Bertz CT molecular complexity index is 447. The molecule has 1 aliphatic rings. The number of hydrogen-bond acceptors (Lipinski definition) is 5. The van der Waals surface area contributed by atoms with Crippen LogP contribution >= 0.6 is 0 Å². The minimum atomic E-state index is -0.0918. The maximum absolute atomic E-state index is 12.2. The molecule has 1 aromatic rings. The summed E-state index contributed by atoms with van der Waals surface area (Å²) >= 11 is 0. The molecule has 0 aliphatic carbocycles. The number of aromatic nitrogens is 3. The Morgan fingerprint density at radius 2 is 2.40 bits per heavy atom. The fourth-order valence-corrected chi connectivity index (χ4v) is 2.03. The number of urea groups is 1. The second-order valence-corrected chi connectivity index (χ2v) is 5.11. The van der Waals surface area contributed by atoms with E-state index >= 15 is 0 Å². The van der Waals surface area contributed by atoms with Crippen LogP contribution in [-0.2, 0) is 11.3 Å². The molecule has 1 aromatic heterocycles. The quantitative estimate of drug-likeness (QED) is 0.826. The number of amides is 2. The lowest BCUT2D eigenvalue weighted by Crippen LogP contribution is -2.46. The van der Waals surface area contributed by atoms with Crippen molar-refractivity contribution < 1.29 is 9.53 Å². The number of nitrogens with one attached hydrogen (secondary N) is 2. The van der Waals surface area contributed by atoms with Crippen molar-refractivity contribution in [3.63, 3.8) is 0 Å². The Morgan fingerprint density at radius 3 is 3.10 bits per heavy atom. The molecule has 2 N–H and O–H groups in total. The highest BCUT2D eigenvalue weighted by Gasteiger charge is 2.22. The molecule has 1 atom stereocenters. The van der Waals surface area contributed by atoms with Gasteiger partial charge >= 0.3 is 6.03 Å². The van der Waals surface area contributed by atoms with Crippen molar-refractivity contribution in [2.24, 2.45) is 0 Å². The Labute approximate surface area is 118 Å². The molecule has 0 aromatic carbocycles. The molecular formula is C12H22N6O2. The molecule has 20 heavy (non-hydrogen) atoms. The van der Waals surface area contributed by atoms with E-state index in [1.165, 1.54) is 0 Å². The smallest absolute Gasteiger partial charge is 0.318 e. The van der Waals surface area contributed by atoms with Gasteiger partial charge in [0.1, 0.15) is 5.82 Å². The van der Waals surface area contributed by atoms with E-state index < -0.39 is 0 Å². The molecule has 1 unspecified atom stereocenters. The topological polar surface area (TPSA) is 86.4 Å². The van der Waals surface area contributed by atoms with Crippen molar-refractivity contribution in [3.8, 4) is 0 Å². The van der Waals surface area contributed by atoms with Crippen LogP contribution in [0.3, 0.4) is 0 Å². The zero-order valence-electron chi connectivity index (χ0n) is 12.2. The lowest BCUT2D eigenvalue weighted by molar-refractivity contribution is 0.113. The van der Waals surface area contributed by atoms with Gasteiger partial charge < -0.3 is 19.9 Å². The van der Waals surface area contributed by atoms with Crippen LogP contribution in [0.5, 0.6) is 0 Å². The summed E-state index contributed by atoms with van der Waals surface area (Å²) in [5.74, 6) is 1.24. The lowest BCUT2D eigenvalue weighted by atomic mass is 10.3. The van der Waals surface area contributed by atoms with Gasteiger partial charge in [-0.25, -0.2) is 4.79 Å². The molecule has 1 saturated heterocycles. The molecule has 0 radical (unpaired) electrons. The van der Waals surface area contributed by atoms with Crippen LogP contribution < -0.4 is 10.2 Å². The first-order valence-corrected chi connectivity index (χ1v) is 6.78. The Hall–Kier alpha value is -1.83. The van der Waals surface area contributed by atoms with Gasteiger partial charge in [-0.1, -0.05) is 0 Å². The second kappa shape index (κ2) is 6.56. The third kappa shape index (κ3) is 3.60. The number of carbonyl (C=O) groups excluding carboxylic acids is 1. The number of aromatic amines is 1. The maximum Gasteiger partial charge on any atom is 0.318 e. The Morgan fingerprint density at radius 1 is 1.60 bits per heavy atom. The van der Waals surface area contributed by atoms with E-state index in [0.29, 0.717) is 38.1 Å². The van der Waals surface area contributed by atoms with Crippen molar-refractivity contribution in [3.05, 3.63) is 5.82 Å². The molecule has 8 nitrogen and oxygen atoms in total. The lowest BCUT2D eigenvalue weighted by Gasteiger charge is -2.26. The van der Waals surface area contributed by atoms with Crippen molar-refractivity contribution in [2.45, 2.75) is 25.9 Å². The Balaban J connectivity index is 1.87. The number of ether oxygens (including phenoxy) is 1. The molecule has 0 saturated carbocycles. The van der Waals surface area contributed by atoms with Crippen LogP contribution in [0.15, 0.2) is 0 Å². The van der Waals surface area contributed by atoms with Gasteiger partial charge in [-0.05, 0) is 13.3 Å². The van der Waals surface area contributed by atoms with E-state index in [9.17, 15) is 4.79 Å². The van der Waals surface area contributed by atoms with Crippen molar-refractivity contribution in [1.82, 2.24) is 25.4 Å². The molecule has 1 fully saturated rings. The van der Waals surface area contributed by atoms with E-state index in [-0.39, 0.29) is 12.1 Å². The van der Waals surface area contributed by atoms with E-state index in [1.54, 1.807) is 9.80 Å². The summed E-state index contributed by atoms with van der Waals surface area (Å²) in [5, 5.41) is 9.71. The molecule has 2 heterocycles. The fourth-order valence-electron chi connectivity index (χ4n) is 2.03. The van der Waals surface area contributed by atoms with E-state index in [4.69, 9.17) is 4.74 Å². The van der Waals surface area contributed by atoms with E-state index in [0.717, 1.165) is 6.42 Å². The summed E-state index contributed by atoms with van der Waals surface area (Å²) in [6, 6.07) is -0.00429. The van der Waals surface area contributed by atoms with E-state index in [2.05, 4.69) is 20.5 Å². The predicted octanol–water partition coefficient (Wildman–Crippen LogP) is 0.191. The minimum absolute atomic E-state index is 0.0876. The molecule has 1 aliphatic heterocycles. The van der Waals surface area contributed by atoms with Gasteiger partial charge in [0.25, 0.3) is 0 Å². The van der Waals surface area contributed by atoms with Gasteiger partial charge in [0.15, 0.2) is 0 Å². The summed E-state index contributed by atoms with van der Waals surface area (Å²) < 4.78 is 5.42. The van der Waals surface area contributed by atoms with Gasteiger partial charge in [-0.2, -0.15) is 4.98 Å². The molecule has 8 heteroatoms. The number of rotatable bonds is 3. The Kier molecular flexibility index (Phi) is 4.78. The summed E-state index contributed by atoms with van der Waals surface area (Å²) in [5.41, 5.74) is 0. The third-order valence-electron chi connectivity index (χ3n) is 3.17. The van der Waals surface area contributed by atoms with Crippen LogP contribution in [0.2, 0.25) is 0 Å². The van der Waals surface area contributed by atoms with Crippen LogP contribution in [-0.4, -0.2) is 66.0 Å². The van der Waals surface area contributed by atoms with Crippen LogP contribution in [0.25, 0.3) is 0 Å². The average molecular weight is 282 g/mol. The highest BCUT2D eigenvalue weighted by atomic mass is 16.5. The monoisotopic (exact) mass is 282 g/mol. The van der Waals surface area contributed by atoms with Crippen molar-refractivity contribution in [1.29, 1.82) is 0 Å². The van der Waals surface area contributed by atoms with Crippen molar-refractivity contribution >= 4 is 12.0 Å². The van der Waals surface area contributed by atoms with Crippen LogP contribution in [0.4, 0.5) is 10.7 Å². The molecular weight excluding hydrogens is 260 g/mol. The SMILES string of the molecule is CC1COCCCN1C(=O)NCc1nc(N(C)C)n[nH]1. The van der Waals surface area contributed by atoms with Gasteiger partial charge in [0, 0.05) is 27.2 Å². The molecule has 0 bridgehead atoms. The fraction of sp³-hybridized carbons (Fsp3) is 0.750. The average Bonchev–Trinajstić information content (AvgIpc) is 2.79. The number of anilines is 1. The highest BCUT2D eigenvalue weighted by molar-refractivity contribution is 5.74. The molecule has 0 spiro atoms. The summed E-state index contributed by atoms with van der Waals surface area (Å²) in [6.45, 7) is 4.34. The largest absolute Gasteiger partial charge is 0.379 e. The molecule has 112 valence electrons. The number of hydrogen-bond donors (Lipinski definition) is 2. The molecule has 2 rings (SSSR count). The predicted molar refractivity (Wildman–Crippen MR) is 74.5 cm³/mol. The molecule has 2 amide bonds. The van der Waals surface area contributed by atoms with Gasteiger partial charge in [-0.15, -0.1) is 5.10 Å². The first-order valence-electron chi connectivity index (χ1n) is 6.78. The highest BCUT2D eigenvalue weighted by Crippen LogP contribution is 2.07. The third-order valence-corrected chi connectivity index (χ3v) is 3.17. The van der Waals surface area contributed by atoms with Crippen molar-refractivity contribution in [2.75, 3.05) is 38.8 Å². The summed E-state index contributed by atoms with van der Waals surface area (Å²) in [7, 11) is 3.73. The van der Waals surface area contributed by atoms with Gasteiger partial charge in [0.2, 0.25) is 5.95 Å². The maximum atomic E-state index is 12.2. The van der Waals surface area contributed by atoms with Gasteiger partial charge in [0.05, 0.1) is 19.2 Å². The van der Waals surface area contributed by atoms with Gasteiger partial charge in [-0.3, -0.25) is 5.10 Å². The minimum Gasteiger partial charge on any atom is -0.379 e.